The molecular weight excluding hydrogens is 568 g/mol. The number of hydrogen-bond acceptors (Lipinski definition) is 4. The van der Waals surface area contributed by atoms with E-state index >= 15 is 0 Å². The number of allylic oxidation sites excluding steroid dienone is 12. The van der Waals surface area contributed by atoms with E-state index in [4.69, 9.17) is 17.9 Å². The van der Waals surface area contributed by atoms with Crippen molar-refractivity contribution in [1.29, 1.82) is 10.5 Å². The molecule has 1 saturated heterocycles. The zero-order valence-electron chi connectivity index (χ0n) is 25.7. The number of hydrogen-bond donors (Lipinski definition) is 0. The first-order valence-electron chi connectivity index (χ1n) is 15.0. The molecule has 7 nitrogen and oxygen atoms in total. The van der Waals surface area contributed by atoms with Gasteiger partial charge in [0.25, 0.3) is 0 Å². The van der Waals surface area contributed by atoms with Crippen LogP contribution in [-0.4, -0.2) is 37.4 Å². The fourth-order valence-corrected chi connectivity index (χ4v) is 5.62. The summed E-state index contributed by atoms with van der Waals surface area (Å²) in [5.74, 6) is -0.475. The Balaban J connectivity index is 1.73. The highest BCUT2D eigenvalue weighted by atomic mass is 16.5. The Morgan fingerprint density at radius 3 is 2.17 bits per heavy atom. The Morgan fingerprint density at radius 1 is 0.935 bits per heavy atom. The molecule has 2 aromatic rings. The van der Waals surface area contributed by atoms with E-state index < -0.39 is 0 Å². The van der Waals surface area contributed by atoms with Crippen molar-refractivity contribution in [1.82, 2.24) is 4.90 Å². The highest BCUT2D eigenvalue weighted by Crippen LogP contribution is 2.36. The van der Waals surface area contributed by atoms with Crippen molar-refractivity contribution in [3.05, 3.63) is 170 Å². The summed E-state index contributed by atoms with van der Waals surface area (Å²) in [6.07, 6.45) is 13.9. The molecule has 4 rings (SSSR count). The average Bonchev–Trinajstić information content (AvgIpc) is 3.52. The smallest absolute Gasteiger partial charge is 0.528 e. The third-order valence-electron chi connectivity index (χ3n) is 7.78. The molecule has 1 fully saturated rings. The molecule has 2 aliphatic rings. The van der Waals surface area contributed by atoms with E-state index in [1.165, 1.54) is 0 Å². The van der Waals surface area contributed by atoms with E-state index in [0.29, 0.717) is 29.9 Å². The number of ether oxygens (including phenoxy) is 1. The summed E-state index contributed by atoms with van der Waals surface area (Å²) in [4.78, 5) is 9.10. The van der Waals surface area contributed by atoms with E-state index in [-0.39, 0.29) is 17.3 Å². The lowest BCUT2D eigenvalue weighted by Crippen LogP contribution is -2.36. The summed E-state index contributed by atoms with van der Waals surface area (Å²) in [7, 11) is 0. The van der Waals surface area contributed by atoms with Crippen molar-refractivity contribution in [2.24, 2.45) is 5.92 Å². The van der Waals surface area contributed by atoms with Gasteiger partial charge in [0, 0.05) is 18.8 Å². The molecule has 0 bridgehead atoms. The predicted octanol–water partition coefficient (Wildman–Crippen LogP) is 8.32. The maximum atomic E-state index is 10.1. The van der Waals surface area contributed by atoms with Crippen LogP contribution in [-0.2, 0) is 4.74 Å². The summed E-state index contributed by atoms with van der Waals surface area (Å²) >= 11 is 0. The van der Waals surface area contributed by atoms with Crippen molar-refractivity contribution in [2.45, 2.75) is 19.8 Å². The first-order chi connectivity index (χ1) is 22.6. The topological polar surface area (TPSA) is 91.1 Å². The summed E-state index contributed by atoms with van der Waals surface area (Å²) in [6.45, 7) is 19.6. The number of rotatable bonds is 10. The Kier molecular flexibility index (Phi) is 12.0. The summed E-state index contributed by atoms with van der Waals surface area (Å²) in [6, 6.07) is 23.2. The number of morpholine rings is 1. The normalized spacial score (nSPS) is 17.2. The van der Waals surface area contributed by atoms with Crippen molar-refractivity contribution < 1.29 is 4.74 Å². The molecule has 2 aromatic carbocycles. The van der Waals surface area contributed by atoms with Gasteiger partial charge >= 0.3 is 5.82 Å². The second kappa shape index (κ2) is 16.7. The molecule has 0 N–H and O–H groups in total. The molecule has 7 heteroatoms. The predicted molar refractivity (Wildman–Crippen MR) is 183 cm³/mol. The van der Waals surface area contributed by atoms with Gasteiger partial charge in [-0.25, -0.2) is 6.21 Å². The average molecular weight is 602 g/mol. The van der Waals surface area contributed by atoms with Crippen LogP contribution in [0.25, 0.3) is 26.2 Å². The van der Waals surface area contributed by atoms with Crippen LogP contribution in [0.3, 0.4) is 0 Å². The Hall–Kier alpha value is -5.99. The molecule has 0 radical (unpaired) electrons. The van der Waals surface area contributed by atoms with Crippen LogP contribution in [0.2, 0.25) is 0 Å². The molecule has 1 heterocycles. The minimum atomic E-state index is -0.328. The molecular formula is C39H33N6O-. The number of nitriles is 2. The zero-order chi connectivity index (χ0) is 32.7. The van der Waals surface area contributed by atoms with Crippen molar-refractivity contribution in [3.63, 3.8) is 0 Å². The first-order valence-corrected chi connectivity index (χ1v) is 15.0. The summed E-state index contributed by atoms with van der Waals surface area (Å²) in [5.41, 5.74) is 6.68. The maximum Gasteiger partial charge on any atom is 0.528 e. The lowest BCUT2D eigenvalue weighted by molar-refractivity contribution is 0.0547. The Labute approximate surface area is 271 Å². The fraction of sp³-hybridized carbons (Fsp3) is 0.205. The van der Waals surface area contributed by atoms with E-state index in [2.05, 4.69) is 26.7 Å². The van der Waals surface area contributed by atoms with Gasteiger partial charge in [-0.3, -0.25) is 0 Å². The van der Waals surface area contributed by atoms with Gasteiger partial charge in [-0.15, -0.1) is 0 Å². The van der Waals surface area contributed by atoms with Gasteiger partial charge in [-0.05, 0) is 58.8 Å². The minimum Gasteiger partial charge on any atom is -0.814 e. The number of nitrogens with zero attached hydrogens (tertiary/aromatic N) is 6. The van der Waals surface area contributed by atoms with Gasteiger partial charge in [0.2, 0.25) is 0 Å². The van der Waals surface area contributed by atoms with Crippen LogP contribution in [0.5, 0.6) is 0 Å². The van der Waals surface area contributed by atoms with Crippen LogP contribution in [0.4, 0.5) is 0 Å². The van der Waals surface area contributed by atoms with Crippen molar-refractivity contribution >= 4 is 17.4 Å². The zero-order valence-corrected chi connectivity index (χ0v) is 25.7. The Morgan fingerprint density at radius 2 is 1.59 bits per heavy atom. The molecule has 1 unspecified atom stereocenters. The van der Waals surface area contributed by atoms with Crippen LogP contribution in [0.15, 0.2) is 131 Å². The molecule has 0 spiro atoms. The molecule has 1 atom stereocenters. The lowest BCUT2D eigenvalue weighted by atomic mass is 9.90. The highest BCUT2D eigenvalue weighted by molar-refractivity contribution is 5.88. The van der Waals surface area contributed by atoms with Crippen LogP contribution < -0.4 is 0 Å². The van der Waals surface area contributed by atoms with Gasteiger partial charge < -0.3 is 15.0 Å². The van der Waals surface area contributed by atoms with Gasteiger partial charge in [0.05, 0.1) is 42.1 Å². The quantitative estimate of drug-likeness (QED) is 0.119. The van der Waals surface area contributed by atoms with E-state index in [9.17, 15) is 15.9 Å². The van der Waals surface area contributed by atoms with E-state index in [1.807, 2.05) is 79.8 Å². The molecule has 0 saturated carbocycles. The monoisotopic (exact) mass is 601 g/mol. The van der Waals surface area contributed by atoms with Gasteiger partial charge in [-0.2, -0.15) is 20.2 Å². The largest absolute Gasteiger partial charge is 0.814 e. The summed E-state index contributed by atoms with van der Waals surface area (Å²) < 4.78 is 5.62. The fourth-order valence-electron chi connectivity index (χ4n) is 5.62. The Bertz CT molecular complexity index is 1810. The van der Waals surface area contributed by atoms with Gasteiger partial charge in [-0.1, -0.05) is 91.9 Å². The molecule has 46 heavy (non-hydrogen) atoms. The van der Waals surface area contributed by atoms with Crippen LogP contribution >= 0.6 is 0 Å². The van der Waals surface area contributed by atoms with Crippen LogP contribution in [0.1, 0.15) is 30.9 Å². The molecule has 226 valence electrons. The first kappa shape index (κ1) is 32.9. The van der Waals surface area contributed by atoms with Crippen molar-refractivity contribution in [2.75, 3.05) is 26.3 Å². The van der Waals surface area contributed by atoms with E-state index in [0.717, 1.165) is 60.1 Å². The highest BCUT2D eigenvalue weighted by Gasteiger charge is 2.25. The van der Waals surface area contributed by atoms with Crippen LogP contribution in [0, 0.1) is 41.7 Å². The summed E-state index contributed by atoms with van der Waals surface area (Å²) in [5, 5.41) is 29.9. The second-order valence-electron chi connectivity index (χ2n) is 10.6. The molecule has 1 aliphatic carbocycles. The lowest BCUT2D eigenvalue weighted by Gasteiger charge is -2.31. The standard InChI is InChI=1S/C39H33N6O/c1-29(26-40)36(30-12-6-4-7-13-30)34(27-41)18-10-16-32-20-21-33(38(32)45-22-24-46-25-23-45)17-11-19-35(28-42)37(39(43-2)44-3)31-14-8-5-9-15-31/h4-19,26,29H,20-25H2,1H3/q-1/b17-11+,18-10+,32-16+,35-19+,36-34+. The number of benzene rings is 2. The third kappa shape index (κ3) is 7.93. The molecule has 1 aliphatic heterocycles. The molecule has 0 aromatic heterocycles. The van der Waals surface area contributed by atoms with Crippen molar-refractivity contribution in [3.8, 4) is 12.1 Å². The maximum absolute atomic E-state index is 10.1. The van der Waals surface area contributed by atoms with Gasteiger partial charge in [0.15, 0.2) is 0 Å². The third-order valence-corrected chi connectivity index (χ3v) is 7.78. The minimum absolute atomic E-state index is 0.147. The SMILES string of the molecule is [C-]#[N+]C([N+]#[C-])=C(/C(C#N)=C/C=C/C1=C(N2CCOCC2)C(=C/C=C/C(C#N)=C(\c2ccccc2)C(C)C=[N-])/CC1)c1ccccc1. The van der Waals surface area contributed by atoms with Gasteiger partial charge in [0.1, 0.15) is 13.1 Å². The second-order valence-corrected chi connectivity index (χ2v) is 10.6. The van der Waals surface area contributed by atoms with E-state index in [1.54, 1.807) is 24.3 Å². The molecule has 0 amide bonds.